The highest BCUT2D eigenvalue weighted by atomic mass is 35.5. The fourth-order valence-corrected chi connectivity index (χ4v) is 1.30. The first-order valence-corrected chi connectivity index (χ1v) is 5.47. The largest absolute Gasteiger partial charge is 0.400 e. The summed E-state index contributed by atoms with van der Waals surface area (Å²) in [4.78, 5) is 8.58. The van der Waals surface area contributed by atoms with Crippen LogP contribution in [-0.4, -0.2) is 18.6 Å². The number of nitrogens with two attached hydrogens (primary N) is 1. The smallest absolute Gasteiger partial charge is 0.204 e. The zero-order valence-electron chi connectivity index (χ0n) is 9.82. The molecule has 0 saturated heterocycles. The molecular formula is C12H20ClNO2. The van der Waals surface area contributed by atoms with Crippen molar-refractivity contribution in [2.45, 2.75) is 26.2 Å². The fraction of sp³-hybridized carbons (Fsp3) is 0.417. The van der Waals surface area contributed by atoms with E-state index in [-0.39, 0.29) is 6.41 Å². The molecule has 0 fully saturated rings. The Kier molecular flexibility index (Phi) is 15.1. The van der Waals surface area contributed by atoms with Crippen molar-refractivity contribution in [1.82, 2.24) is 0 Å². The topological polar surface area (TPSA) is 63.3 Å². The number of hydrogen-bond acceptors (Lipinski definition) is 2. The molecule has 1 rings (SSSR count). The van der Waals surface area contributed by atoms with Crippen LogP contribution < -0.4 is 5.73 Å². The molecular weight excluding hydrogens is 226 g/mol. The van der Waals surface area contributed by atoms with E-state index < -0.39 is 0 Å². The van der Waals surface area contributed by atoms with E-state index in [1.807, 2.05) is 18.2 Å². The molecule has 0 radical (unpaired) electrons. The van der Waals surface area contributed by atoms with Gasteiger partial charge in [-0.3, -0.25) is 4.79 Å². The highest BCUT2D eigenvalue weighted by molar-refractivity contribution is 6.31. The average Bonchev–Trinajstić information content (AvgIpc) is 2.32. The van der Waals surface area contributed by atoms with Crippen molar-refractivity contribution in [3.63, 3.8) is 0 Å². The molecule has 0 atom stereocenters. The van der Waals surface area contributed by atoms with Crippen LogP contribution in [-0.2, 0) is 11.2 Å². The summed E-state index contributed by atoms with van der Waals surface area (Å²) in [6.45, 7) is 2.19. The summed E-state index contributed by atoms with van der Waals surface area (Å²) in [5, 5.41) is 7.90. The molecule has 3 nitrogen and oxygen atoms in total. The number of halogens is 1. The van der Waals surface area contributed by atoms with Crippen LogP contribution >= 0.6 is 11.6 Å². The van der Waals surface area contributed by atoms with Gasteiger partial charge in [-0.15, -0.1) is 0 Å². The molecule has 0 aromatic heterocycles. The Morgan fingerprint density at radius 3 is 2.31 bits per heavy atom. The zero-order valence-corrected chi connectivity index (χ0v) is 10.6. The first kappa shape index (κ1) is 17.3. The van der Waals surface area contributed by atoms with Crippen molar-refractivity contribution in [2.75, 3.05) is 7.11 Å². The molecule has 0 heterocycles. The SMILES string of the molecule is CCCCc1ccccc1Cl.CO.NC=O. The number of benzene rings is 1. The van der Waals surface area contributed by atoms with Gasteiger partial charge in [0.15, 0.2) is 0 Å². The average molecular weight is 246 g/mol. The summed E-state index contributed by atoms with van der Waals surface area (Å²) in [5.74, 6) is 0. The number of rotatable bonds is 3. The monoisotopic (exact) mass is 245 g/mol. The van der Waals surface area contributed by atoms with Gasteiger partial charge in [-0.05, 0) is 24.5 Å². The van der Waals surface area contributed by atoms with E-state index in [2.05, 4.69) is 18.7 Å². The summed E-state index contributed by atoms with van der Waals surface area (Å²) in [6.07, 6.45) is 3.81. The molecule has 16 heavy (non-hydrogen) atoms. The van der Waals surface area contributed by atoms with Gasteiger partial charge in [0.25, 0.3) is 0 Å². The van der Waals surface area contributed by atoms with Crippen LogP contribution in [0.5, 0.6) is 0 Å². The van der Waals surface area contributed by atoms with Crippen LogP contribution in [0.25, 0.3) is 0 Å². The second-order valence-electron chi connectivity index (χ2n) is 2.83. The summed E-state index contributed by atoms with van der Waals surface area (Å²) in [5.41, 5.74) is 5.44. The molecule has 0 saturated carbocycles. The van der Waals surface area contributed by atoms with Crippen molar-refractivity contribution in [2.24, 2.45) is 5.73 Å². The third kappa shape index (κ3) is 9.49. The van der Waals surface area contributed by atoms with Gasteiger partial charge in [-0.25, -0.2) is 0 Å². The number of carbonyl (C=O) groups is 1. The Labute approximate surface area is 102 Å². The van der Waals surface area contributed by atoms with Crippen LogP contribution in [0.2, 0.25) is 5.02 Å². The lowest BCUT2D eigenvalue weighted by Crippen LogP contribution is -1.84. The minimum absolute atomic E-state index is 0.250. The van der Waals surface area contributed by atoms with Crippen molar-refractivity contribution in [3.05, 3.63) is 34.9 Å². The van der Waals surface area contributed by atoms with Crippen molar-refractivity contribution in [3.8, 4) is 0 Å². The van der Waals surface area contributed by atoms with Crippen LogP contribution in [0.3, 0.4) is 0 Å². The van der Waals surface area contributed by atoms with Gasteiger partial charge < -0.3 is 10.8 Å². The van der Waals surface area contributed by atoms with Crippen LogP contribution in [0, 0.1) is 0 Å². The Morgan fingerprint density at radius 1 is 1.38 bits per heavy atom. The van der Waals surface area contributed by atoms with Gasteiger partial charge >= 0.3 is 0 Å². The van der Waals surface area contributed by atoms with E-state index in [0.29, 0.717) is 0 Å². The lowest BCUT2D eigenvalue weighted by molar-refractivity contribution is -0.106. The Bertz CT molecular complexity index is 267. The van der Waals surface area contributed by atoms with E-state index in [1.54, 1.807) is 0 Å². The quantitative estimate of drug-likeness (QED) is 0.804. The maximum absolute atomic E-state index is 8.58. The molecule has 0 aliphatic carbocycles. The maximum atomic E-state index is 8.58. The maximum Gasteiger partial charge on any atom is 0.204 e. The fourth-order valence-electron chi connectivity index (χ4n) is 1.07. The van der Waals surface area contributed by atoms with E-state index in [1.165, 1.54) is 18.4 Å². The standard InChI is InChI=1S/C10H13Cl.CH3NO.CH4O/c1-2-3-6-9-7-4-5-8-10(9)11;2-1-3;1-2/h4-5,7-8H,2-3,6H2,1H3;1H,(H2,2,3);2H,1H3. The molecule has 0 spiro atoms. The molecule has 3 N–H and O–H groups in total. The van der Waals surface area contributed by atoms with Gasteiger partial charge in [0.05, 0.1) is 0 Å². The van der Waals surface area contributed by atoms with Crippen molar-refractivity contribution >= 4 is 18.0 Å². The third-order valence-electron chi connectivity index (χ3n) is 1.76. The van der Waals surface area contributed by atoms with E-state index in [4.69, 9.17) is 21.5 Å². The normalized spacial score (nSPS) is 8.00. The van der Waals surface area contributed by atoms with Gasteiger partial charge in [0, 0.05) is 12.1 Å². The number of amides is 1. The Balaban J connectivity index is 0. The van der Waals surface area contributed by atoms with Crippen LogP contribution in [0.15, 0.2) is 24.3 Å². The van der Waals surface area contributed by atoms with Gasteiger partial charge in [-0.1, -0.05) is 43.1 Å². The predicted molar refractivity (Wildman–Crippen MR) is 68.5 cm³/mol. The first-order valence-electron chi connectivity index (χ1n) is 5.09. The van der Waals surface area contributed by atoms with E-state index >= 15 is 0 Å². The lowest BCUT2D eigenvalue weighted by Gasteiger charge is -2.00. The third-order valence-corrected chi connectivity index (χ3v) is 2.13. The minimum atomic E-state index is 0.250. The Morgan fingerprint density at radius 2 is 1.88 bits per heavy atom. The van der Waals surface area contributed by atoms with Gasteiger partial charge in [0.2, 0.25) is 6.41 Å². The molecule has 0 aliphatic heterocycles. The van der Waals surface area contributed by atoms with Crippen molar-refractivity contribution < 1.29 is 9.90 Å². The lowest BCUT2D eigenvalue weighted by atomic mass is 10.1. The molecule has 0 bridgehead atoms. The minimum Gasteiger partial charge on any atom is -0.400 e. The first-order chi connectivity index (χ1) is 7.76. The van der Waals surface area contributed by atoms with Crippen LogP contribution in [0.4, 0.5) is 0 Å². The molecule has 0 aliphatic rings. The predicted octanol–water partition coefficient (Wildman–Crippen LogP) is 2.39. The molecule has 1 aromatic rings. The van der Waals surface area contributed by atoms with E-state index in [0.717, 1.165) is 18.6 Å². The number of primary amides is 1. The number of aryl methyl sites for hydroxylation is 1. The second-order valence-corrected chi connectivity index (χ2v) is 3.24. The highest BCUT2D eigenvalue weighted by Crippen LogP contribution is 2.16. The molecule has 4 heteroatoms. The summed E-state index contributed by atoms with van der Waals surface area (Å²) >= 11 is 5.96. The molecule has 92 valence electrons. The summed E-state index contributed by atoms with van der Waals surface area (Å²) < 4.78 is 0. The highest BCUT2D eigenvalue weighted by Gasteiger charge is 1.96. The number of aliphatic hydroxyl groups is 1. The second kappa shape index (κ2) is 13.9. The molecule has 0 unspecified atom stereocenters. The summed E-state index contributed by atoms with van der Waals surface area (Å²) in [6, 6.07) is 8.05. The number of hydrogen-bond donors (Lipinski definition) is 2. The van der Waals surface area contributed by atoms with Crippen molar-refractivity contribution in [1.29, 1.82) is 0 Å². The zero-order chi connectivity index (χ0) is 12.8. The Hall–Kier alpha value is -1.06. The number of aliphatic hydroxyl groups excluding tert-OH is 1. The molecule has 1 amide bonds. The van der Waals surface area contributed by atoms with Gasteiger partial charge in [-0.2, -0.15) is 0 Å². The summed E-state index contributed by atoms with van der Waals surface area (Å²) in [7, 11) is 1.00. The van der Waals surface area contributed by atoms with E-state index in [9.17, 15) is 0 Å². The van der Waals surface area contributed by atoms with Gasteiger partial charge in [0.1, 0.15) is 0 Å². The number of unbranched alkanes of at least 4 members (excludes halogenated alkanes) is 1. The molecule has 1 aromatic carbocycles. The van der Waals surface area contributed by atoms with Crippen LogP contribution in [0.1, 0.15) is 25.3 Å². The number of carbonyl (C=O) groups excluding carboxylic acids is 1.